The van der Waals surface area contributed by atoms with E-state index in [0.29, 0.717) is 33.9 Å². The maximum atomic E-state index is 13.2. The molecule has 0 unspecified atom stereocenters. The van der Waals surface area contributed by atoms with Crippen molar-refractivity contribution in [2.75, 3.05) is 5.01 Å². The maximum absolute atomic E-state index is 13.2. The number of anilines is 1. The Bertz CT molecular complexity index is 1230. The molecular formula is C22H19FN4O2. The standard InChI is InChI=1S/C22H19FN4O2/c1-13-6-4-5-7-20(13)27-22(29)19(15(3)25-27)12-18-14(2)24-26(21(18)28)17-10-8-16(23)9-11-17/h4-12,24H,1-3H3/b19-12+. The minimum absolute atomic E-state index is 0.287. The van der Waals surface area contributed by atoms with Crippen LogP contribution in [0.5, 0.6) is 0 Å². The highest BCUT2D eigenvalue weighted by Crippen LogP contribution is 2.27. The zero-order valence-electron chi connectivity index (χ0n) is 16.2. The smallest absolute Gasteiger partial charge is 0.280 e. The average molecular weight is 390 g/mol. The Morgan fingerprint density at radius 1 is 1.00 bits per heavy atom. The van der Waals surface area contributed by atoms with E-state index in [-0.39, 0.29) is 17.3 Å². The summed E-state index contributed by atoms with van der Waals surface area (Å²) in [5.41, 5.74) is 3.67. The Kier molecular flexibility index (Phi) is 4.50. The van der Waals surface area contributed by atoms with Crippen LogP contribution in [0.1, 0.15) is 23.7 Å². The molecule has 1 amide bonds. The van der Waals surface area contributed by atoms with Crippen LogP contribution in [0.3, 0.4) is 0 Å². The Labute approximate surface area is 166 Å². The van der Waals surface area contributed by atoms with Crippen LogP contribution in [0.2, 0.25) is 0 Å². The molecule has 0 fully saturated rings. The largest absolute Gasteiger partial charge is 0.295 e. The van der Waals surface area contributed by atoms with E-state index in [1.165, 1.54) is 34.0 Å². The maximum Gasteiger partial charge on any atom is 0.280 e. The fourth-order valence-corrected chi connectivity index (χ4v) is 3.29. The SMILES string of the molecule is CC1=NN(c2ccccc2C)C(=O)/C1=C/c1c(C)[nH]n(-c2ccc(F)cc2)c1=O. The van der Waals surface area contributed by atoms with Crippen molar-refractivity contribution in [3.63, 3.8) is 0 Å². The number of halogens is 1. The predicted molar refractivity (Wildman–Crippen MR) is 111 cm³/mol. The fourth-order valence-electron chi connectivity index (χ4n) is 3.29. The molecule has 0 saturated heterocycles. The first-order valence-corrected chi connectivity index (χ1v) is 9.11. The van der Waals surface area contributed by atoms with Crippen LogP contribution in [0, 0.1) is 19.7 Å². The van der Waals surface area contributed by atoms with Gasteiger partial charge in [-0.3, -0.25) is 14.7 Å². The van der Waals surface area contributed by atoms with Crippen LogP contribution in [0.4, 0.5) is 10.1 Å². The number of aromatic amines is 1. The molecule has 0 bridgehead atoms. The quantitative estimate of drug-likeness (QED) is 0.693. The van der Waals surface area contributed by atoms with Gasteiger partial charge in [0, 0.05) is 5.69 Å². The number of nitrogens with one attached hydrogen (secondary N) is 1. The van der Waals surface area contributed by atoms with Crippen molar-refractivity contribution in [3.05, 3.63) is 87.1 Å². The number of rotatable bonds is 3. The summed E-state index contributed by atoms with van der Waals surface area (Å²) in [7, 11) is 0. The van der Waals surface area contributed by atoms with Crippen molar-refractivity contribution >= 4 is 23.4 Å². The molecule has 1 aliphatic heterocycles. The van der Waals surface area contributed by atoms with E-state index >= 15 is 0 Å². The van der Waals surface area contributed by atoms with E-state index in [9.17, 15) is 14.0 Å². The Hall–Kier alpha value is -3.74. The molecule has 6 nitrogen and oxygen atoms in total. The molecule has 2 aromatic carbocycles. The van der Waals surface area contributed by atoms with Gasteiger partial charge in [0.15, 0.2) is 0 Å². The summed E-state index contributed by atoms with van der Waals surface area (Å²) in [5, 5.41) is 8.72. The second kappa shape index (κ2) is 7.01. The van der Waals surface area contributed by atoms with Gasteiger partial charge in [-0.1, -0.05) is 18.2 Å². The second-order valence-electron chi connectivity index (χ2n) is 6.91. The van der Waals surface area contributed by atoms with Gasteiger partial charge < -0.3 is 0 Å². The van der Waals surface area contributed by atoms with E-state index in [0.717, 1.165) is 5.56 Å². The average Bonchev–Trinajstić information content (AvgIpc) is 3.14. The van der Waals surface area contributed by atoms with Crippen molar-refractivity contribution in [2.24, 2.45) is 5.10 Å². The lowest BCUT2D eigenvalue weighted by molar-refractivity contribution is -0.114. The van der Waals surface area contributed by atoms with Crippen LogP contribution in [-0.4, -0.2) is 21.4 Å². The Morgan fingerprint density at radius 2 is 1.69 bits per heavy atom. The molecule has 3 aromatic rings. The molecular weight excluding hydrogens is 371 g/mol. The minimum Gasteiger partial charge on any atom is -0.295 e. The number of H-pyrrole nitrogens is 1. The molecule has 1 aromatic heterocycles. The van der Waals surface area contributed by atoms with Crippen molar-refractivity contribution in [1.29, 1.82) is 0 Å². The fraction of sp³-hybridized carbons (Fsp3) is 0.136. The Balaban J connectivity index is 1.75. The monoisotopic (exact) mass is 390 g/mol. The van der Waals surface area contributed by atoms with Gasteiger partial charge in [-0.05, 0) is 62.7 Å². The summed E-state index contributed by atoms with van der Waals surface area (Å²) < 4.78 is 14.5. The first-order chi connectivity index (χ1) is 13.9. The van der Waals surface area contributed by atoms with Crippen LogP contribution in [0.25, 0.3) is 11.8 Å². The van der Waals surface area contributed by atoms with Gasteiger partial charge in [0.1, 0.15) is 5.82 Å². The number of aromatic nitrogens is 2. The molecule has 1 N–H and O–H groups in total. The van der Waals surface area contributed by atoms with Gasteiger partial charge in [-0.2, -0.15) is 10.1 Å². The van der Waals surface area contributed by atoms with Crippen LogP contribution < -0.4 is 10.6 Å². The van der Waals surface area contributed by atoms with E-state index in [1.54, 1.807) is 19.9 Å². The zero-order chi connectivity index (χ0) is 20.7. The normalized spacial score (nSPS) is 15.3. The number of aryl methyl sites for hydroxylation is 2. The summed E-state index contributed by atoms with van der Waals surface area (Å²) >= 11 is 0. The molecule has 0 spiro atoms. The van der Waals surface area contributed by atoms with Crippen LogP contribution >= 0.6 is 0 Å². The summed E-state index contributed by atoms with van der Waals surface area (Å²) in [6.45, 7) is 5.40. The molecule has 7 heteroatoms. The van der Waals surface area contributed by atoms with Gasteiger partial charge >= 0.3 is 0 Å². The molecule has 0 aliphatic carbocycles. The molecule has 29 heavy (non-hydrogen) atoms. The predicted octanol–water partition coefficient (Wildman–Crippen LogP) is 3.73. The second-order valence-corrected chi connectivity index (χ2v) is 6.91. The lowest BCUT2D eigenvalue weighted by atomic mass is 10.1. The number of benzene rings is 2. The molecule has 0 atom stereocenters. The third-order valence-electron chi connectivity index (χ3n) is 4.90. The third-order valence-corrected chi connectivity index (χ3v) is 4.90. The lowest BCUT2D eigenvalue weighted by Gasteiger charge is -2.14. The first kappa shape index (κ1) is 18.6. The van der Waals surface area contributed by atoms with Crippen molar-refractivity contribution in [2.45, 2.75) is 20.8 Å². The highest BCUT2D eigenvalue weighted by atomic mass is 19.1. The van der Waals surface area contributed by atoms with E-state index in [1.807, 2.05) is 31.2 Å². The van der Waals surface area contributed by atoms with Crippen molar-refractivity contribution < 1.29 is 9.18 Å². The van der Waals surface area contributed by atoms with Gasteiger partial charge in [-0.15, -0.1) is 0 Å². The zero-order valence-corrected chi connectivity index (χ0v) is 16.2. The highest BCUT2D eigenvalue weighted by molar-refractivity contribution is 6.32. The van der Waals surface area contributed by atoms with Gasteiger partial charge in [0.25, 0.3) is 11.5 Å². The molecule has 2 heterocycles. The summed E-state index contributed by atoms with van der Waals surface area (Å²) in [4.78, 5) is 25.9. The summed E-state index contributed by atoms with van der Waals surface area (Å²) in [6, 6.07) is 13.1. The molecule has 146 valence electrons. The minimum atomic E-state index is -0.382. The van der Waals surface area contributed by atoms with Gasteiger partial charge in [0.05, 0.1) is 28.2 Å². The number of hydrogen-bond acceptors (Lipinski definition) is 3. The van der Waals surface area contributed by atoms with Gasteiger partial charge in [0.2, 0.25) is 0 Å². The van der Waals surface area contributed by atoms with E-state index in [2.05, 4.69) is 10.2 Å². The number of hydrazone groups is 1. The summed E-state index contributed by atoms with van der Waals surface area (Å²) in [5.74, 6) is -0.669. The number of para-hydroxylation sites is 1. The van der Waals surface area contributed by atoms with Gasteiger partial charge in [-0.25, -0.2) is 9.07 Å². The third kappa shape index (κ3) is 3.20. The van der Waals surface area contributed by atoms with Crippen molar-refractivity contribution in [1.82, 2.24) is 9.78 Å². The highest BCUT2D eigenvalue weighted by Gasteiger charge is 2.30. The number of carbonyl (C=O) groups excluding carboxylic acids is 1. The number of nitrogens with zero attached hydrogens (tertiary/aromatic N) is 3. The number of hydrogen-bond donors (Lipinski definition) is 1. The molecule has 4 rings (SSSR count). The van der Waals surface area contributed by atoms with Crippen LogP contribution in [-0.2, 0) is 4.79 Å². The van der Waals surface area contributed by atoms with E-state index < -0.39 is 0 Å². The first-order valence-electron chi connectivity index (χ1n) is 9.11. The van der Waals surface area contributed by atoms with E-state index in [4.69, 9.17) is 0 Å². The molecule has 0 radical (unpaired) electrons. The molecule has 0 saturated carbocycles. The summed E-state index contributed by atoms with van der Waals surface area (Å²) in [6.07, 6.45) is 1.56. The lowest BCUT2D eigenvalue weighted by Crippen LogP contribution is -2.22. The van der Waals surface area contributed by atoms with Crippen LogP contribution in [0.15, 0.2) is 64.0 Å². The number of carbonyl (C=O) groups is 1. The number of amides is 1. The Morgan fingerprint density at radius 3 is 2.38 bits per heavy atom. The molecule has 1 aliphatic rings. The topological polar surface area (TPSA) is 70.5 Å². The van der Waals surface area contributed by atoms with Crippen molar-refractivity contribution in [3.8, 4) is 5.69 Å².